The molecule has 2 aliphatic rings. The van der Waals surface area contributed by atoms with Crippen molar-refractivity contribution in [2.24, 2.45) is 5.92 Å². The summed E-state index contributed by atoms with van der Waals surface area (Å²) in [7, 11) is 0. The number of anilines is 1. The minimum absolute atomic E-state index is 0.0569. The highest BCUT2D eigenvalue weighted by molar-refractivity contribution is 6.00. The first kappa shape index (κ1) is 21.6. The first-order valence-corrected chi connectivity index (χ1v) is 12.1. The normalized spacial score (nSPS) is 17.6. The highest BCUT2D eigenvalue weighted by atomic mass is 16.3. The number of hydrogen-bond acceptors (Lipinski definition) is 3. The second kappa shape index (κ2) is 9.30. The SMILES string of the molecule is CCCCN(CC(=O)N1c2ccccc2-n2cccc2C1c1ccco1)C(=O)C1CCCC1. The summed E-state index contributed by atoms with van der Waals surface area (Å²) in [6, 6.07) is 15.3. The van der Waals surface area contributed by atoms with Crippen LogP contribution in [0.4, 0.5) is 5.69 Å². The molecule has 1 fully saturated rings. The maximum Gasteiger partial charge on any atom is 0.247 e. The third-order valence-corrected chi connectivity index (χ3v) is 6.92. The highest BCUT2D eigenvalue weighted by Crippen LogP contribution is 2.42. The van der Waals surface area contributed by atoms with Crippen LogP contribution in [-0.4, -0.2) is 34.4 Å². The minimum Gasteiger partial charge on any atom is -0.467 e. The second-order valence-corrected chi connectivity index (χ2v) is 9.07. The molecule has 33 heavy (non-hydrogen) atoms. The number of carbonyl (C=O) groups excluding carboxylic acids is 2. The van der Waals surface area contributed by atoms with Crippen molar-refractivity contribution in [3.63, 3.8) is 0 Å². The molecule has 172 valence electrons. The summed E-state index contributed by atoms with van der Waals surface area (Å²) in [4.78, 5) is 30.9. The largest absolute Gasteiger partial charge is 0.467 e. The third kappa shape index (κ3) is 3.99. The van der Waals surface area contributed by atoms with Crippen molar-refractivity contribution in [3.8, 4) is 5.69 Å². The number of nitrogens with zero attached hydrogens (tertiary/aromatic N) is 3. The number of aromatic nitrogens is 1. The van der Waals surface area contributed by atoms with E-state index in [4.69, 9.17) is 4.42 Å². The van der Waals surface area contributed by atoms with Gasteiger partial charge in [0.15, 0.2) is 0 Å². The summed E-state index contributed by atoms with van der Waals surface area (Å²) in [6.07, 6.45) is 9.61. The molecular formula is C27H31N3O3. The molecule has 0 saturated heterocycles. The molecule has 0 radical (unpaired) electrons. The highest BCUT2D eigenvalue weighted by Gasteiger charge is 2.39. The number of rotatable bonds is 7. The van der Waals surface area contributed by atoms with Gasteiger partial charge in [0.2, 0.25) is 11.8 Å². The van der Waals surface area contributed by atoms with Crippen LogP contribution in [0.5, 0.6) is 0 Å². The monoisotopic (exact) mass is 445 g/mol. The van der Waals surface area contributed by atoms with E-state index in [0.29, 0.717) is 12.3 Å². The average Bonchev–Trinajstić information content (AvgIpc) is 3.63. The van der Waals surface area contributed by atoms with E-state index in [1.54, 1.807) is 11.2 Å². The summed E-state index contributed by atoms with van der Waals surface area (Å²) < 4.78 is 7.92. The van der Waals surface area contributed by atoms with Gasteiger partial charge in [-0.05, 0) is 55.7 Å². The van der Waals surface area contributed by atoms with Crippen molar-refractivity contribution in [1.82, 2.24) is 9.47 Å². The molecule has 6 nitrogen and oxygen atoms in total. The van der Waals surface area contributed by atoms with Crippen LogP contribution in [0.25, 0.3) is 5.69 Å². The summed E-state index contributed by atoms with van der Waals surface area (Å²) in [6.45, 7) is 2.82. The molecule has 3 aromatic rings. The summed E-state index contributed by atoms with van der Waals surface area (Å²) in [5, 5.41) is 0. The van der Waals surface area contributed by atoms with Crippen LogP contribution in [-0.2, 0) is 9.59 Å². The lowest BCUT2D eigenvalue weighted by Crippen LogP contribution is -2.48. The van der Waals surface area contributed by atoms with Crippen molar-refractivity contribution in [2.45, 2.75) is 51.5 Å². The van der Waals surface area contributed by atoms with Gasteiger partial charge in [-0.25, -0.2) is 0 Å². The van der Waals surface area contributed by atoms with Crippen molar-refractivity contribution in [3.05, 3.63) is 72.4 Å². The Morgan fingerprint density at radius 3 is 2.55 bits per heavy atom. The number of para-hydroxylation sites is 2. The van der Waals surface area contributed by atoms with Gasteiger partial charge in [0.1, 0.15) is 18.3 Å². The first-order chi connectivity index (χ1) is 16.2. The zero-order valence-electron chi connectivity index (χ0n) is 19.2. The molecule has 5 rings (SSSR count). The standard InChI is InChI=1S/C27H31N3O3/c1-2-3-16-28(27(32)20-10-4-5-11-20)19-25(31)30-22-13-7-6-12-21(22)29-17-8-14-23(29)26(30)24-15-9-18-33-24/h6-9,12-15,17-18,20,26H,2-5,10-11,16,19H2,1H3. The first-order valence-electron chi connectivity index (χ1n) is 12.1. The molecule has 0 bridgehead atoms. The Labute approximate surface area is 194 Å². The molecule has 2 amide bonds. The zero-order chi connectivity index (χ0) is 22.8. The molecular weight excluding hydrogens is 414 g/mol. The molecule has 0 spiro atoms. The lowest BCUT2D eigenvalue weighted by Gasteiger charge is -2.38. The number of amides is 2. The van der Waals surface area contributed by atoms with E-state index >= 15 is 0 Å². The van der Waals surface area contributed by atoms with E-state index in [1.807, 2.05) is 59.6 Å². The molecule has 1 aliphatic carbocycles. The topological polar surface area (TPSA) is 58.7 Å². The van der Waals surface area contributed by atoms with E-state index in [2.05, 4.69) is 11.5 Å². The fraction of sp³-hybridized carbons (Fsp3) is 0.407. The van der Waals surface area contributed by atoms with Crippen molar-refractivity contribution in [2.75, 3.05) is 18.0 Å². The van der Waals surface area contributed by atoms with Crippen molar-refractivity contribution < 1.29 is 14.0 Å². The third-order valence-electron chi connectivity index (χ3n) is 6.92. The Hall–Kier alpha value is -3.28. The van der Waals surface area contributed by atoms with Crippen LogP contribution >= 0.6 is 0 Å². The number of carbonyl (C=O) groups is 2. The number of fused-ring (bicyclic) bond motifs is 3. The van der Waals surface area contributed by atoms with E-state index in [9.17, 15) is 9.59 Å². The molecule has 3 heterocycles. The summed E-state index contributed by atoms with van der Waals surface area (Å²) in [5.41, 5.74) is 2.76. The molecule has 6 heteroatoms. The van der Waals surface area contributed by atoms with Gasteiger partial charge in [-0.1, -0.05) is 38.3 Å². The number of unbranched alkanes of at least 4 members (excludes halogenated alkanes) is 1. The maximum atomic E-state index is 14.0. The van der Waals surface area contributed by atoms with E-state index in [1.165, 1.54) is 0 Å². The Morgan fingerprint density at radius 1 is 1.03 bits per heavy atom. The van der Waals surface area contributed by atoms with Crippen LogP contribution in [0.2, 0.25) is 0 Å². The Kier molecular flexibility index (Phi) is 6.07. The van der Waals surface area contributed by atoms with Gasteiger partial charge in [0.25, 0.3) is 0 Å². The van der Waals surface area contributed by atoms with Crippen LogP contribution in [0.1, 0.15) is 62.9 Å². The van der Waals surface area contributed by atoms with Crippen molar-refractivity contribution >= 4 is 17.5 Å². The van der Waals surface area contributed by atoms with Crippen LogP contribution in [0.3, 0.4) is 0 Å². The van der Waals surface area contributed by atoms with Gasteiger partial charge in [0, 0.05) is 18.7 Å². The van der Waals surface area contributed by atoms with Gasteiger partial charge >= 0.3 is 0 Å². The maximum absolute atomic E-state index is 14.0. The average molecular weight is 446 g/mol. The second-order valence-electron chi connectivity index (χ2n) is 9.07. The number of benzene rings is 1. The fourth-order valence-electron chi connectivity index (χ4n) is 5.26. The molecule has 2 aromatic heterocycles. The molecule has 1 unspecified atom stereocenters. The molecule has 1 aliphatic heterocycles. The van der Waals surface area contributed by atoms with Crippen LogP contribution in [0.15, 0.2) is 65.4 Å². The van der Waals surface area contributed by atoms with E-state index in [0.717, 1.165) is 55.6 Å². The lowest BCUT2D eigenvalue weighted by atomic mass is 10.0. The molecule has 0 N–H and O–H groups in total. The van der Waals surface area contributed by atoms with Gasteiger partial charge in [0.05, 0.1) is 23.3 Å². The van der Waals surface area contributed by atoms with Gasteiger partial charge in [-0.3, -0.25) is 14.5 Å². The quantitative estimate of drug-likeness (QED) is 0.494. The van der Waals surface area contributed by atoms with E-state index < -0.39 is 0 Å². The smallest absolute Gasteiger partial charge is 0.247 e. The Bertz CT molecular complexity index is 1110. The molecule has 1 atom stereocenters. The predicted molar refractivity (Wildman–Crippen MR) is 127 cm³/mol. The Balaban J connectivity index is 1.51. The van der Waals surface area contributed by atoms with Crippen molar-refractivity contribution in [1.29, 1.82) is 0 Å². The Morgan fingerprint density at radius 2 is 1.82 bits per heavy atom. The fourth-order valence-corrected chi connectivity index (χ4v) is 5.26. The molecule has 1 saturated carbocycles. The molecule has 1 aromatic carbocycles. The number of furan rings is 1. The van der Waals surface area contributed by atoms with Crippen LogP contribution in [0, 0.1) is 5.92 Å². The van der Waals surface area contributed by atoms with Crippen LogP contribution < -0.4 is 4.90 Å². The summed E-state index contributed by atoms with van der Waals surface area (Å²) in [5.74, 6) is 0.817. The van der Waals surface area contributed by atoms with Gasteiger partial charge in [-0.2, -0.15) is 0 Å². The predicted octanol–water partition coefficient (Wildman–Crippen LogP) is 5.33. The summed E-state index contributed by atoms with van der Waals surface area (Å²) >= 11 is 0. The zero-order valence-corrected chi connectivity index (χ0v) is 19.2. The lowest BCUT2D eigenvalue weighted by molar-refractivity contribution is -0.138. The van der Waals surface area contributed by atoms with Gasteiger partial charge < -0.3 is 13.9 Å². The van der Waals surface area contributed by atoms with Gasteiger partial charge in [-0.15, -0.1) is 0 Å². The minimum atomic E-state index is -0.382. The van der Waals surface area contributed by atoms with E-state index in [-0.39, 0.29) is 30.3 Å². The number of hydrogen-bond donors (Lipinski definition) is 0.